The molecule has 0 atom stereocenters. The average molecular weight is 339 g/mol. The lowest BCUT2D eigenvalue weighted by atomic mass is 10.1. The molecule has 1 N–H and O–H groups in total. The van der Waals surface area contributed by atoms with E-state index in [0.29, 0.717) is 37.6 Å². The minimum Gasteiger partial charge on any atom is -0.444 e. The van der Waals surface area contributed by atoms with Gasteiger partial charge in [0.2, 0.25) is 0 Å². The molecule has 0 unspecified atom stereocenters. The van der Waals surface area contributed by atoms with Gasteiger partial charge in [-0.25, -0.2) is 9.78 Å². The molecular formula is C16H25N3O5. The zero-order valence-corrected chi connectivity index (χ0v) is 14.7. The van der Waals surface area contributed by atoms with Gasteiger partial charge in [-0.2, -0.15) is 0 Å². The summed E-state index contributed by atoms with van der Waals surface area (Å²) in [5.41, 5.74) is 0.475. The fourth-order valence-electron chi connectivity index (χ4n) is 2.31. The molecule has 2 heterocycles. The van der Waals surface area contributed by atoms with E-state index in [1.807, 2.05) is 0 Å². The van der Waals surface area contributed by atoms with E-state index in [9.17, 15) is 9.59 Å². The first-order chi connectivity index (χ1) is 11.3. The monoisotopic (exact) mass is 339 g/mol. The Kier molecular flexibility index (Phi) is 5.95. The highest BCUT2D eigenvalue weighted by molar-refractivity contribution is 5.68. The molecule has 1 aliphatic rings. The number of carbonyl (C=O) groups excluding carboxylic acids is 1. The quantitative estimate of drug-likeness (QED) is 0.867. The third-order valence-electron chi connectivity index (χ3n) is 3.44. The number of hydrogen-bond donors (Lipinski definition) is 1. The molecule has 1 aromatic heterocycles. The largest absolute Gasteiger partial charge is 0.444 e. The maximum absolute atomic E-state index is 12.4. The normalized spacial score (nSPS) is 14.2. The van der Waals surface area contributed by atoms with Gasteiger partial charge in [-0.1, -0.05) is 0 Å². The third-order valence-corrected chi connectivity index (χ3v) is 3.44. The van der Waals surface area contributed by atoms with Crippen molar-refractivity contribution in [2.45, 2.75) is 45.9 Å². The van der Waals surface area contributed by atoms with E-state index in [4.69, 9.17) is 14.2 Å². The first kappa shape index (κ1) is 18.4. The number of nitrogens with one attached hydrogen (secondary N) is 1. The van der Waals surface area contributed by atoms with Gasteiger partial charge >= 0.3 is 6.09 Å². The fraction of sp³-hybridized carbons (Fsp3) is 0.688. The number of amides is 1. The molecule has 1 aromatic rings. The Bertz CT molecular complexity index is 636. The highest BCUT2D eigenvalue weighted by Crippen LogP contribution is 2.13. The van der Waals surface area contributed by atoms with E-state index in [1.165, 1.54) is 4.90 Å². The van der Waals surface area contributed by atoms with Crippen LogP contribution in [0.4, 0.5) is 4.79 Å². The molecule has 1 aliphatic heterocycles. The molecule has 1 amide bonds. The summed E-state index contributed by atoms with van der Waals surface area (Å²) in [4.78, 5) is 33.2. The molecule has 0 aromatic carbocycles. The second-order valence-electron chi connectivity index (χ2n) is 6.64. The molecule has 0 aliphatic carbocycles. The van der Waals surface area contributed by atoms with Gasteiger partial charge in [0.15, 0.2) is 0 Å². The number of aromatic amines is 1. The molecule has 8 nitrogen and oxygen atoms in total. The van der Waals surface area contributed by atoms with Crippen LogP contribution in [0.5, 0.6) is 0 Å². The molecular weight excluding hydrogens is 314 g/mol. The van der Waals surface area contributed by atoms with Crippen molar-refractivity contribution in [3.05, 3.63) is 27.4 Å². The Morgan fingerprint density at radius 2 is 2.17 bits per heavy atom. The SMILES string of the molecule is COCCN(Cc1nc2c(c(=O)[nH]1)COCC2)C(=O)OC(C)(C)C. The maximum Gasteiger partial charge on any atom is 0.410 e. The van der Waals surface area contributed by atoms with Crippen LogP contribution in [0.1, 0.15) is 37.9 Å². The summed E-state index contributed by atoms with van der Waals surface area (Å²) in [6, 6.07) is 0. The maximum atomic E-state index is 12.4. The van der Waals surface area contributed by atoms with Crippen molar-refractivity contribution >= 4 is 6.09 Å². The van der Waals surface area contributed by atoms with Crippen LogP contribution in [0.15, 0.2) is 4.79 Å². The van der Waals surface area contributed by atoms with Crippen molar-refractivity contribution in [2.75, 3.05) is 26.9 Å². The molecule has 134 valence electrons. The Balaban J connectivity index is 2.18. The standard InChI is InChI=1S/C16H25N3O5/c1-16(2,3)24-15(21)19(6-8-22-4)9-13-17-12-5-7-23-10-11(12)14(20)18-13/h5-10H2,1-4H3,(H,17,18,20). The van der Waals surface area contributed by atoms with E-state index in [-0.39, 0.29) is 18.7 Å². The molecule has 0 spiro atoms. The van der Waals surface area contributed by atoms with E-state index >= 15 is 0 Å². The number of H-pyrrole nitrogens is 1. The minimum atomic E-state index is -0.601. The Morgan fingerprint density at radius 1 is 1.42 bits per heavy atom. The number of rotatable bonds is 5. The van der Waals surface area contributed by atoms with Crippen LogP contribution in [-0.4, -0.2) is 53.4 Å². The predicted molar refractivity (Wildman–Crippen MR) is 86.7 cm³/mol. The van der Waals surface area contributed by atoms with Crippen molar-refractivity contribution in [3.63, 3.8) is 0 Å². The van der Waals surface area contributed by atoms with Crippen molar-refractivity contribution in [2.24, 2.45) is 0 Å². The molecule has 0 bridgehead atoms. The second-order valence-corrected chi connectivity index (χ2v) is 6.64. The van der Waals surface area contributed by atoms with Crippen molar-refractivity contribution in [3.8, 4) is 0 Å². The van der Waals surface area contributed by atoms with Crippen LogP contribution in [-0.2, 0) is 33.8 Å². The van der Waals surface area contributed by atoms with Gasteiger partial charge in [-0.3, -0.25) is 9.69 Å². The Labute approximate surface area is 141 Å². The third kappa shape index (κ3) is 5.04. The summed E-state index contributed by atoms with van der Waals surface area (Å²) in [6.45, 7) is 7.09. The van der Waals surface area contributed by atoms with E-state index in [0.717, 1.165) is 5.69 Å². The lowest BCUT2D eigenvalue weighted by molar-refractivity contribution is 0.0177. The summed E-state index contributed by atoms with van der Waals surface area (Å²) in [6.07, 6.45) is 0.125. The smallest absolute Gasteiger partial charge is 0.410 e. The molecule has 8 heteroatoms. The number of aromatic nitrogens is 2. The van der Waals surface area contributed by atoms with Crippen LogP contribution in [0.25, 0.3) is 0 Å². The average Bonchev–Trinajstić information content (AvgIpc) is 2.49. The number of fused-ring (bicyclic) bond motifs is 1. The van der Waals surface area contributed by atoms with Crippen LogP contribution >= 0.6 is 0 Å². The highest BCUT2D eigenvalue weighted by atomic mass is 16.6. The zero-order chi connectivity index (χ0) is 17.7. The summed E-state index contributed by atoms with van der Waals surface area (Å²) in [5.74, 6) is 0.433. The molecule has 0 saturated carbocycles. The van der Waals surface area contributed by atoms with Crippen molar-refractivity contribution in [1.82, 2.24) is 14.9 Å². The van der Waals surface area contributed by atoms with Crippen LogP contribution in [0.2, 0.25) is 0 Å². The topological polar surface area (TPSA) is 93.8 Å². The number of methoxy groups -OCH3 is 1. The van der Waals surface area contributed by atoms with Gasteiger partial charge in [-0.15, -0.1) is 0 Å². The lowest BCUT2D eigenvalue weighted by Gasteiger charge is -2.27. The highest BCUT2D eigenvalue weighted by Gasteiger charge is 2.24. The van der Waals surface area contributed by atoms with Crippen molar-refractivity contribution in [1.29, 1.82) is 0 Å². The molecule has 2 rings (SSSR count). The number of nitrogens with zero attached hydrogens (tertiary/aromatic N) is 2. The summed E-state index contributed by atoms with van der Waals surface area (Å²) >= 11 is 0. The molecule has 0 radical (unpaired) electrons. The number of hydrogen-bond acceptors (Lipinski definition) is 6. The minimum absolute atomic E-state index is 0.154. The van der Waals surface area contributed by atoms with Gasteiger partial charge in [0.05, 0.1) is 37.6 Å². The first-order valence-corrected chi connectivity index (χ1v) is 7.95. The molecule has 24 heavy (non-hydrogen) atoms. The van der Waals surface area contributed by atoms with E-state index < -0.39 is 11.7 Å². The summed E-state index contributed by atoms with van der Waals surface area (Å²) in [7, 11) is 1.56. The number of carbonyl (C=O) groups is 1. The fourth-order valence-corrected chi connectivity index (χ4v) is 2.31. The van der Waals surface area contributed by atoms with Crippen molar-refractivity contribution < 1.29 is 19.0 Å². The van der Waals surface area contributed by atoms with Gasteiger partial charge in [0.1, 0.15) is 11.4 Å². The van der Waals surface area contributed by atoms with Crippen LogP contribution < -0.4 is 5.56 Å². The number of ether oxygens (including phenoxy) is 3. The summed E-state index contributed by atoms with van der Waals surface area (Å²) < 4.78 is 15.7. The summed E-state index contributed by atoms with van der Waals surface area (Å²) in [5, 5.41) is 0. The zero-order valence-electron chi connectivity index (χ0n) is 14.7. The van der Waals surface area contributed by atoms with E-state index in [1.54, 1.807) is 27.9 Å². The van der Waals surface area contributed by atoms with Gasteiger partial charge in [0, 0.05) is 20.1 Å². The Morgan fingerprint density at radius 3 is 2.83 bits per heavy atom. The van der Waals surface area contributed by atoms with Crippen LogP contribution in [0, 0.1) is 0 Å². The van der Waals surface area contributed by atoms with Gasteiger partial charge in [0.25, 0.3) is 5.56 Å². The van der Waals surface area contributed by atoms with Crippen LogP contribution in [0.3, 0.4) is 0 Å². The first-order valence-electron chi connectivity index (χ1n) is 7.95. The predicted octanol–water partition coefficient (Wildman–Crippen LogP) is 1.23. The Hall–Kier alpha value is -1.93. The molecule has 0 saturated heterocycles. The van der Waals surface area contributed by atoms with Gasteiger partial charge < -0.3 is 19.2 Å². The molecule has 0 fully saturated rings. The van der Waals surface area contributed by atoms with E-state index in [2.05, 4.69) is 9.97 Å². The second kappa shape index (κ2) is 7.76. The lowest BCUT2D eigenvalue weighted by Crippen LogP contribution is -2.39. The van der Waals surface area contributed by atoms with Gasteiger partial charge in [-0.05, 0) is 20.8 Å².